The second-order valence-electron chi connectivity index (χ2n) is 8.66. The number of carbonyl (C=O) groups excluding carboxylic acids is 2. The maximum atomic E-state index is 13.1. The zero-order valence-corrected chi connectivity index (χ0v) is 18.3. The summed E-state index contributed by atoms with van der Waals surface area (Å²) < 4.78 is 1.97. The van der Waals surface area contributed by atoms with E-state index in [2.05, 4.69) is 15.2 Å². The van der Waals surface area contributed by atoms with Gasteiger partial charge in [-0.1, -0.05) is 36.8 Å². The summed E-state index contributed by atoms with van der Waals surface area (Å²) in [6.07, 6.45) is 3.80. The van der Waals surface area contributed by atoms with E-state index >= 15 is 0 Å². The predicted molar refractivity (Wildman–Crippen MR) is 124 cm³/mol. The Morgan fingerprint density at radius 3 is 2.59 bits per heavy atom. The molecule has 1 saturated heterocycles. The number of aromatic nitrogens is 2. The molecule has 0 radical (unpaired) electrons. The van der Waals surface area contributed by atoms with Gasteiger partial charge in [-0.2, -0.15) is 0 Å². The van der Waals surface area contributed by atoms with Crippen LogP contribution in [0, 0.1) is 0 Å². The van der Waals surface area contributed by atoms with Crippen molar-refractivity contribution in [1.29, 1.82) is 0 Å². The van der Waals surface area contributed by atoms with Crippen LogP contribution in [0.1, 0.15) is 45.8 Å². The van der Waals surface area contributed by atoms with Gasteiger partial charge in [-0.25, -0.2) is 4.98 Å². The second kappa shape index (κ2) is 9.12. The first-order chi connectivity index (χ1) is 15.7. The number of hydrogen-bond acceptors (Lipinski definition) is 4. The third-order valence-electron chi connectivity index (χ3n) is 6.46. The molecule has 32 heavy (non-hydrogen) atoms. The minimum absolute atomic E-state index is 0.0659. The number of carbonyl (C=O) groups is 2. The van der Waals surface area contributed by atoms with Crippen LogP contribution in [-0.2, 0) is 13.1 Å². The molecule has 2 aromatic carbocycles. The Labute approximate surface area is 188 Å². The van der Waals surface area contributed by atoms with E-state index in [-0.39, 0.29) is 11.8 Å². The number of nitrogens with one attached hydrogen (secondary N) is 1. The van der Waals surface area contributed by atoms with Crippen molar-refractivity contribution in [2.75, 3.05) is 32.7 Å². The van der Waals surface area contributed by atoms with Gasteiger partial charge >= 0.3 is 0 Å². The molecule has 2 aliphatic rings. The molecule has 3 aromatic rings. The lowest BCUT2D eigenvalue weighted by Crippen LogP contribution is -2.39. The predicted octanol–water partition coefficient (Wildman–Crippen LogP) is 2.91. The molecule has 0 saturated carbocycles. The van der Waals surface area contributed by atoms with E-state index in [1.54, 1.807) is 6.07 Å². The van der Waals surface area contributed by atoms with Crippen LogP contribution in [0.3, 0.4) is 0 Å². The zero-order valence-electron chi connectivity index (χ0n) is 18.3. The number of fused-ring (bicyclic) bond motifs is 3. The highest BCUT2D eigenvalue weighted by atomic mass is 16.2. The maximum Gasteiger partial charge on any atom is 0.290 e. The molecule has 0 bridgehead atoms. The van der Waals surface area contributed by atoms with Gasteiger partial charge in [0.05, 0.1) is 11.0 Å². The summed E-state index contributed by atoms with van der Waals surface area (Å²) in [5.74, 6) is 0.292. The highest BCUT2D eigenvalue weighted by Crippen LogP contribution is 2.23. The largest absolute Gasteiger partial charge is 0.351 e. The quantitative estimate of drug-likeness (QED) is 0.652. The number of piperidine rings is 1. The van der Waals surface area contributed by atoms with Crippen LogP contribution in [0.2, 0.25) is 0 Å². The van der Waals surface area contributed by atoms with E-state index in [1.165, 1.54) is 19.3 Å². The normalized spacial score (nSPS) is 16.9. The van der Waals surface area contributed by atoms with E-state index in [9.17, 15) is 9.59 Å². The number of benzene rings is 2. The standard InChI is InChI=1S/C25H29N5O2/c31-24(26-11-14-28-12-5-2-6-13-28)20-9-10-22-21(17-20)27-23-25(32)29(15-16-30(22)23)18-19-7-3-1-4-8-19/h1,3-4,7-10,17H,2,5-6,11-16,18H2,(H,26,31). The first kappa shape index (κ1) is 20.7. The van der Waals surface area contributed by atoms with E-state index in [1.807, 2.05) is 51.9 Å². The lowest BCUT2D eigenvalue weighted by Gasteiger charge is -2.27. The third-order valence-corrected chi connectivity index (χ3v) is 6.46. The minimum Gasteiger partial charge on any atom is -0.351 e. The molecule has 2 amide bonds. The third kappa shape index (κ3) is 4.25. The van der Waals surface area contributed by atoms with Crippen molar-refractivity contribution in [2.45, 2.75) is 32.4 Å². The van der Waals surface area contributed by atoms with Gasteiger partial charge in [0.1, 0.15) is 0 Å². The molecule has 7 heteroatoms. The van der Waals surface area contributed by atoms with Crippen molar-refractivity contribution < 1.29 is 9.59 Å². The molecule has 1 aromatic heterocycles. The SMILES string of the molecule is O=C(NCCN1CCCCC1)c1ccc2c(c1)nc1n2CCN(Cc2ccccc2)C1=O. The molecule has 0 unspecified atom stereocenters. The molecule has 166 valence electrons. The Morgan fingerprint density at radius 2 is 1.78 bits per heavy atom. The van der Waals surface area contributed by atoms with Crippen LogP contribution in [0.4, 0.5) is 0 Å². The fourth-order valence-corrected chi connectivity index (χ4v) is 4.69. The van der Waals surface area contributed by atoms with Crippen molar-refractivity contribution in [2.24, 2.45) is 0 Å². The van der Waals surface area contributed by atoms with Gasteiger partial charge in [0, 0.05) is 38.3 Å². The Hall–Kier alpha value is -3.19. The average Bonchev–Trinajstić information content (AvgIpc) is 3.21. The van der Waals surface area contributed by atoms with Gasteiger partial charge in [-0.15, -0.1) is 0 Å². The van der Waals surface area contributed by atoms with Crippen LogP contribution in [-0.4, -0.2) is 63.9 Å². The lowest BCUT2D eigenvalue weighted by atomic mass is 10.1. The van der Waals surface area contributed by atoms with Crippen molar-refractivity contribution >= 4 is 22.8 Å². The number of hydrogen-bond donors (Lipinski definition) is 1. The molecule has 0 spiro atoms. The summed E-state index contributed by atoms with van der Waals surface area (Å²) in [7, 11) is 0. The Balaban J connectivity index is 1.27. The Bertz CT molecular complexity index is 1120. The smallest absolute Gasteiger partial charge is 0.290 e. The zero-order chi connectivity index (χ0) is 21.9. The first-order valence-electron chi connectivity index (χ1n) is 11.5. The van der Waals surface area contributed by atoms with Gasteiger partial charge in [-0.3, -0.25) is 9.59 Å². The van der Waals surface area contributed by atoms with E-state index < -0.39 is 0 Å². The van der Waals surface area contributed by atoms with Crippen LogP contribution < -0.4 is 5.32 Å². The molecule has 1 fully saturated rings. The van der Waals surface area contributed by atoms with Crippen molar-refractivity contribution in [3.05, 3.63) is 65.5 Å². The first-order valence-corrected chi connectivity index (χ1v) is 11.5. The molecule has 0 atom stereocenters. The van der Waals surface area contributed by atoms with Gasteiger partial charge in [0.25, 0.3) is 11.8 Å². The average molecular weight is 432 g/mol. The van der Waals surface area contributed by atoms with Gasteiger partial charge < -0.3 is 19.7 Å². The minimum atomic E-state index is -0.0908. The summed E-state index contributed by atoms with van der Waals surface area (Å²) in [6, 6.07) is 15.5. The molecule has 0 aliphatic carbocycles. The highest BCUT2D eigenvalue weighted by Gasteiger charge is 2.28. The van der Waals surface area contributed by atoms with Gasteiger partial charge in [0.2, 0.25) is 0 Å². The Kier molecular flexibility index (Phi) is 5.90. The summed E-state index contributed by atoms with van der Waals surface area (Å²) in [4.78, 5) is 34.6. The van der Waals surface area contributed by atoms with Crippen LogP contribution >= 0.6 is 0 Å². The van der Waals surface area contributed by atoms with Crippen molar-refractivity contribution in [3.8, 4) is 0 Å². The van der Waals surface area contributed by atoms with Crippen LogP contribution in [0.15, 0.2) is 48.5 Å². The second-order valence-corrected chi connectivity index (χ2v) is 8.66. The molecule has 7 nitrogen and oxygen atoms in total. The topological polar surface area (TPSA) is 70.5 Å². The monoisotopic (exact) mass is 431 g/mol. The molecular weight excluding hydrogens is 402 g/mol. The molecule has 1 N–H and O–H groups in total. The van der Waals surface area contributed by atoms with Crippen LogP contribution in [0.25, 0.3) is 11.0 Å². The highest BCUT2D eigenvalue weighted by molar-refractivity contribution is 6.00. The van der Waals surface area contributed by atoms with Crippen LogP contribution in [0.5, 0.6) is 0 Å². The molecule has 2 aliphatic heterocycles. The van der Waals surface area contributed by atoms with E-state index in [0.717, 1.165) is 30.7 Å². The summed E-state index contributed by atoms with van der Waals surface area (Å²) in [6.45, 7) is 5.70. The fraction of sp³-hybridized carbons (Fsp3) is 0.400. The number of likely N-dealkylation sites (tertiary alicyclic amines) is 1. The molecular formula is C25H29N5O2. The maximum absolute atomic E-state index is 13.1. The van der Waals surface area contributed by atoms with Gasteiger partial charge in [0.15, 0.2) is 5.82 Å². The van der Waals surface area contributed by atoms with Gasteiger partial charge in [-0.05, 0) is 49.7 Å². The number of imidazole rings is 1. The van der Waals surface area contributed by atoms with E-state index in [0.29, 0.717) is 43.1 Å². The number of nitrogens with zero attached hydrogens (tertiary/aromatic N) is 4. The molecule has 5 rings (SSSR count). The number of rotatable bonds is 6. The summed E-state index contributed by atoms with van der Waals surface area (Å²) in [5, 5.41) is 3.03. The summed E-state index contributed by atoms with van der Waals surface area (Å²) >= 11 is 0. The van der Waals surface area contributed by atoms with Crippen molar-refractivity contribution in [1.82, 2.24) is 24.7 Å². The fourth-order valence-electron chi connectivity index (χ4n) is 4.69. The van der Waals surface area contributed by atoms with Crippen molar-refractivity contribution in [3.63, 3.8) is 0 Å². The lowest BCUT2D eigenvalue weighted by molar-refractivity contribution is 0.0685. The Morgan fingerprint density at radius 1 is 0.969 bits per heavy atom. The molecule has 3 heterocycles. The number of amides is 2. The summed E-state index contributed by atoms with van der Waals surface area (Å²) in [5.41, 5.74) is 3.28. The van der Waals surface area contributed by atoms with E-state index in [4.69, 9.17) is 0 Å².